The number of nitrogens with one attached hydrogen (secondary N) is 2. The van der Waals surface area contributed by atoms with Crippen LogP contribution in [0.5, 0.6) is 28.7 Å². The molecule has 3 fully saturated rings. The molecule has 10 rings (SSSR count). The number of anilines is 2. The first-order valence-electron chi connectivity index (χ1n) is 29.3. The molecule has 23 heteroatoms. The second-order valence-electron chi connectivity index (χ2n) is 23.9. The minimum atomic E-state index is -2.09. The molecule has 0 radical (unpaired) electrons. The van der Waals surface area contributed by atoms with Crippen molar-refractivity contribution >= 4 is 62.9 Å². The molecular weight excluding hydrogens is 1120 g/mol. The van der Waals surface area contributed by atoms with Crippen molar-refractivity contribution in [2.45, 2.75) is 136 Å². The summed E-state index contributed by atoms with van der Waals surface area (Å²) >= 11 is 0. The quantitative estimate of drug-likeness (QED) is 0.0294. The second-order valence-corrected chi connectivity index (χ2v) is 23.9. The van der Waals surface area contributed by atoms with E-state index in [1.54, 1.807) is 35.6 Å². The number of methoxy groups -OCH3 is 2. The van der Waals surface area contributed by atoms with Gasteiger partial charge in [0.1, 0.15) is 28.5 Å². The van der Waals surface area contributed by atoms with E-state index in [0.29, 0.717) is 44.5 Å². The maximum atomic E-state index is 16.2. The number of aliphatic hydroxyl groups excluding tert-OH is 2. The van der Waals surface area contributed by atoms with Crippen LogP contribution in [-0.4, -0.2) is 153 Å². The van der Waals surface area contributed by atoms with E-state index in [2.05, 4.69) is 17.6 Å². The van der Waals surface area contributed by atoms with Crippen LogP contribution in [0.15, 0.2) is 58.3 Å². The summed E-state index contributed by atoms with van der Waals surface area (Å²) in [7, 11) is 2.88. The molecule has 22 nitrogen and oxygen atoms in total. The largest absolute Gasteiger partial charge is 0.507 e. The van der Waals surface area contributed by atoms with Gasteiger partial charge in [-0.1, -0.05) is 39.0 Å². The highest BCUT2D eigenvalue weighted by Gasteiger charge is 2.50. The number of halogens is 1. The van der Waals surface area contributed by atoms with Crippen LogP contribution in [0.25, 0.3) is 21.7 Å². The van der Waals surface area contributed by atoms with E-state index < -0.39 is 105 Å². The minimum Gasteiger partial charge on any atom is -0.507 e. The molecule has 8 N–H and O–H groups in total. The number of ketones is 1. The first-order valence-corrected chi connectivity index (χ1v) is 29.3. The normalized spacial score (nSPS) is 27.9. The van der Waals surface area contributed by atoms with Gasteiger partial charge in [0.25, 0.3) is 11.7 Å². The number of pyridine rings is 1. The van der Waals surface area contributed by atoms with E-state index in [4.69, 9.17) is 28.8 Å². The molecule has 0 spiro atoms. The van der Waals surface area contributed by atoms with Gasteiger partial charge >= 0.3 is 17.7 Å². The highest BCUT2D eigenvalue weighted by molar-refractivity contribution is 6.24. The standard InChI is InChI=1S/C63H79FN6O16/c1-30-12-11-13-31(2)61(79)67-50-42(26-65-69-21-17-39(18-22-69)66-35(6)37-16-20-68(27-37)52-44(64)25-41-51(59(52)83-10)70(40-14-15-40)28-43(55(41)75)62(80)81)56(76)47-48(57(50)77)54(74)34(5)58-49(47)60(78)63(8,86-58)85-23-19-46(82-9)32(3)38(29-84-36(7)71)24-45(72)33(4)53(30)73/h11-13,19,23,25-26,28,30,32-33,35,37-40,45-46,53,66,72-74,76-77H,14-18,20-22,24,27,29H2,1-10H3,(H,67,79)(H,80,81)/b12-11+,23-19+,31-13-,65-26+/t30-,32-,33-,35?,37?,38+,45-,46-,53-,63-/m0/s1. The molecule has 2 unspecified atom stereocenters. The van der Waals surface area contributed by atoms with Gasteiger partial charge in [0.05, 0.1) is 77.6 Å². The number of fused-ring (bicyclic) bond motifs is 15. The number of aliphatic hydroxyl groups is 2. The maximum Gasteiger partial charge on any atom is 0.341 e. The number of hydrogen-bond donors (Lipinski definition) is 8. The van der Waals surface area contributed by atoms with Gasteiger partial charge in [0.15, 0.2) is 17.3 Å². The Morgan fingerprint density at radius 2 is 1.69 bits per heavy atom. The topological polar surface area (TPSA) is 301 Å². The lowest BCUT2D eigenvalue weighted by Crippen LogP contribution is -2.46. The Morgan fingerprint density at radius 1 is 0.977 bits per heavy atom. The lowest BCUT2D eigenvalue weighted by Gasteiger charge is -2.34. The molecule has 4 aromatic rings. The molecule has 86 heavy (non-hydrogen) atoms. The van der Waals surface area contributed by atoms with E-state index in [1.165, 1.54) is 72.7 Å². The molecule has 3 aromatic carbocycles. The number of hydrogen-bond acceptors (Lipinski definition) is 19. The summed E-state index contributed by atoms with van der Waals surface area (Å²) in [6.45, 7) is 14.8. The van der Waals surface area contributed by atoms with Crippen molar-refractivity contribution in [3.8, 4) is 28.7 Å². The number of piperidine rings is 1. The predicted octanol–water partition coefficient (Wildman–Crippen LogP) is 7.55. The molecule has 1 amide bonds. The molecule has 5 bridgehead atoms. The SMILES string of the molecule is COc1c(N2CCC(C(C)NC3CCN(/N=C/c4c5c(O)c6c(O)c(C)c7c(c6c4O)C(=O)[C@@](C)(O/C=C/[C@H](OC)[C@@H](C)[C@@H](COC(C)=O)C[C@H](O)[C@H](C)[C@@H](O)[C@@H](C)/C=C/C=C(/C)C(=O)N5)O7)CC3)C2)c(F)cc2c(=O)c(C(=O)O)cn(C3CC3)c12. The zero-order valence-corrected chi connectivity index (χ0v) is 50.2. The van der Waals surface area contributed by atoms with Gasteiger partial charge < -0.3 is 74.4 Å². The number of hydrazone groups is 1. The number of nitrogens with zero attached hydrogens (tertiary/aromatic N) is 4. The summed E-state index contributed by atoms with van der Waals surface area (Å²) in [4.78, 5) is 68.1. The van der Waals surface area contributed by atoms with Crippen LogP contribution in [0.4, 0.5) is 15.8 Å². The van der Waals surface area contributed by atoms with Crippen LogP contribution in [0, 0.1) is 42.3 Å². The van der Waals surface area contributed by atoms with Gasteiger partial charge in [-0.25, -0.2) is 9.18 Å². The number of amides is 1. The van der Waals surface area contributed by atoms with Crippen LogP contribution >= 0.6 is 0 Å². The van der Waals surface area contributed by atoms with Gasteiger partial charge in [-0.15, -0.1) is 0 Å². The summed E-state index contributed by atoms with van der Waals surface area (Å²) in [5.41, 5.74) is -1.18. The number of aromatic hydroxyl groups is 3. The van der Waals surface area contributed by atoms with Crippen molar-refractivity contribution in [1.82, 2.24) is 14.9 Å². The molecular formula is C63H79FN6O16. The summed E-state index contributed by atoms with van der Waals surface area (Å²) in [6.07, 6.45) is 10.9. The van der Waals surface area contributed by atoms with Crippen molar-refractivity contribution in [1.29, 1.82) is 0 Å². The molecule has 464 valence electrons. The van der Waals surface area contributed by atoms with Crippen molar-refractivity contribution in [3.63, 3.8) is 0 Å². The van der Waals surface area contributed by atoms with Gasteiger partial charge in [-0.3, -0.25) is 24.2 Å². The molecule has 1 aliphatic carbocycles. The van der Waals surface area contributed by atoms with Crippen LogP contribution in [-0.2, 0) is 23.8 Å². The Morgan fingerprint density at radius 3 is 2.34 bits per heavy atom. The lowest BCUT2D eigenvalue weighted by molar-refractivity contribution is -0.144. The Kier molecular flexibility index (Phi) is 18.5. The van der Waals surface area contributed by atoms with Gasteiger partial charge in [-0.05, 0) is 83.3 Å². The number of Topliss-reactive ketones (excluding diaryl/α,β-unsaturated/α-hetero) is 1. The van der Waals surface area contributed by atoms with E-state index in [9.17, 15) is 54.6 Å². The number of phenolic OH excluding ortho intramolecular Hbond substituents is 3. The van der Waals surface area contributed by atoms with Crippen LogP contribution in [0.1, 0.15) is 125 Å². The summed E-state index contributed by atoms with van der Waals surface area (Å²) < 4.78 is 47.4. The highest BCUT2D eigenvalue weighted by atomic mass is 19.1. The molecule has 6 aliphatic rings. The van der Waals surface area contributed by atoms with Crippen molar-refractivity contribution in [2.75, 3.05) is 57.2 Å². The molecule has 5 aliphatic heterocycles. The van der Waals surface area contributed by atoms with Gasteiger partial charge in [0, 0.05) is 106 Å². The van der Waals surface area contributed by atoms with E-state index >= 15 is 4.39 Å². The maximum absolute atomic E-state index is 16.2. The molecule has 1 aromatic heterocycles. The monoisotopic (exact) mass is 1190 g/mol. The Hall–Kier alpha value is -7.73. The second kappa shape index (κ2) is 25.3. The lowest BCUT2D eigenvalue weighted by atomic mass is 9.80. The Labute approximate surface area is 497 Å². The third kappa shape index (κ3) is 12.2. The predicted molar refractivity (Wildman–Crippen MR) is 319 cm³/mol. The zero-order chi connectivity index (χ0) is 62.4. The summed E-state index contributed by atoms with van der Waals surface area (Å²) in [5, 5.41) is 81.6. The smallest absolute Gasteiger partial charge is 0.341 e. The van der Waals surface area contributed by atoms with Gasteiger partial charge in [0.2, 0.25) is 5.43 Å². The third-order valence-corrected chi connectivity index (χ3v) is 18.2. The molecule has 10 atom stereocenters. The number of carbonyl (C=O) groups excluding carboxylic acids is 3. The van der Waals surface area contributed by atoms with Crippen LogP contribution in [0.3, 0.4) is 0 Å². The highest BCUT2D eigenvalue weighted by Crippen LogP contribution is 2.55. The third-order valence-electron chi connectivity index (χ3n) is 18.2. The Bertz CT molecular complexity index is 3510. The molecule has 2 saturated heterocycles. The fourth-order valence-corrected chi connectivity index (χ4v) is 12.5. The number of esters is 1. The van der Waals surface area contributed by atoms with Crippen molar-refractivity contribution < 1.29 is 77.9 Å². The number of carboxylic acid groups (broad SMARTS) is 1. The molecule has 1 saturated carbocycles. The molecule has 6 heterocycles. The first kappa shape index (κ1) is 62.8. The fourth-order valence-electron chi connectivity index (χ4n) is 12.5. The zero-order valence-electron chi connectivity index (χ0n) is 50.2. The van der Waals surface area contributed by atoms with E-state index in [1.807, 2.05) is 11.8 Å². The minimum absolute atomic E-state index is 0.0166. The van der Waals surface area contributed by atoms with Crippen LogP contribution in [0.2, 0.25) is 0 Å². The average molecular weight is 1200 g/mol. The van der Waals surface area contributed by atoms with Crippen molar-refractivity contribution in [3.05, 3.63) is 86.7 Å². The summed E-state index contributed by atoms with van der Waals surface area (Å²) in [5.74, 6) is -10.0. The number of aromatic carboxylic acids is 1. The Balaban J connectivity index is 0.980. The summed E-state index contributed by atoms with van der Waals surface area (Å²) in [6, 6.07) is 1.12. The fraction of sp³-hybridized carbons (Fsp3) is 0.524. The van der Waals surface area contributed by atoms with Crippen molar-refractivity contribution in [2.24, 2.45) is 34.7 Å². The van der Waals surface area contributed by atoms with Gasteiger partial charge in [-0.2, -0.15) is 5.10 Å². The average Bonchev–Trinajstić information content (AvgIpc) is 1.45. The number of aromatic nitrogens is 1. The number of phenols is 3. The number of carboxylic acids is 1. The number of benzene rings is 3. The number of allylic oxidation sites excluding steroid dienone is 2. The number of ether oxygens (including phenoxy) is 5. The van der Waals surface area contributed by atoms with E-state index in [-0.39, 0.29) is 98.4 Å². The van der Waals surface area contributed by atoms with E-state index in [0.717, 1.165) is 25.3 Å². The number of carbonyl (C=O) groups is 4. The number of rotatable bonds is 12. The van der Waals surface area contributed by atoms with Crippen LogP contribution < -0.4 is 30.4 Å². The first-order chi connectivity index (χ1) is 40.8.